The highest BCUT2D eigenvalue weighted by Gasteiger charge is 2.13. The van der Waals surface area contributed by atoms with E-state index < -0.39 is 11.9 Å². The smallest absolute Gasteiger partial charge is 0.377 e. The zero-order valence-electron chi connectivity index (χ0n) is 9.27. The number of pyridine rings is 1. The van der Waals surface area contributed by atoms with Crippen LogP contribution < -0.4 is 0 Å². The fourth-order valence-electron chi connectivity index (χ4n) is 1.23. The maximum Gasteiger partial charge on any atom is 0.377 e. The standard InChI is InChI=1S/C10H8N4O4/c1-18-10(17)8-11-5-14(13-8)7-4-2-3-6(12-7)9(15)16/h2-5H,1H3,(H,15,16). The predicted molar refractivity (Wildman–Crippen MR) is 57.5 cm³/mol. The maximum atomic E-state index is 11.2. The Labute approximate surface area is 101 Å². The minimum absolute atomic E-state index is 0.123. The number of hydrogen-bond acceptors (Lipinski definition) is 6. The van der Waals surface area contributed by atoms with Gasteiger partial charge in [0.05, 0.1) is 7.11 Å². The van der Waals surface area contributed by atoms with Crippen molar-refractivity contribution in [3.05, 3.63) is 36.0 Å². The molecule has 0 amide bonds. The van der Waals surface area contributed by atoms with E-state index in [0.717, 1.165) is 0 Å². The lowest BCUT2D eigenvalue weighted by Gasteiger charge is -2.00. The highest BCUT2D eigenvalue weighted by molar-refractivity contribution is 5.85. The molecule has 0 aliphatic carbocycles. The molecule has 0 aromatic carbocycles. The summed E-state index contributed by atoms with van der Waals surface area (Å²) in [4.78, 5) is 29.5. The number of carbonyl (C=O) groups excluding carboxylic acids is 1. The van der Waals surface area contributed by atoms with Crippen LogP contribution in [0.5, 0.6) is 0 Å². The molecule has 0 aliphatic heterocycles. The molecule has 0 radical (unpaired) electrons. The van der Waals surface area contributed by atoms with Gasteiger partial charge in [-0.25, -0.2) is 24.2 Å². The normalized spacial score (nSPS) is 10.1. The van der Waals surface area contributed by atoms with Crippen molar-refractivity contribution in [2.45, 2.75) is 0 Å². The van der Waals surface area contributed by atoms with Crippen molar-refractivity contribution in [1.82, 2.24) is 19.7 Å². The number of carboxylic acids is 1. The number of ether oxygens (including phenoxy) is 1. The van der Waals surface area contributed by atoms with Crippen molar-refractivity contribution in [3.8, 4) is 5.82 Å². The summed E-state index contributed by atoms with van der Waals surface area (Å²) >= 11 is 0. The third-order valence-corrected chi connectivity index (χ3v) is 2.05. The van der Waals surface area contributed by atoms with Crippen LogP contribution in [0.25, 0.3) is 5.82 Å². The largest absolute Gasteiger partial charge is 0.477 e. The summed E-state index contributed by atoms with van der Waals surface area (Å²) in [5, 5.41) is 12.6. The highest BCUT2D eigenvalue weighted by atomic mass is 16.5. The molecule has 92 valence electrons. The Kier molecular flexibility index (Phi) is 3.00. The van der Waals surface area contributed by atoms with E-state index in [1.54, 1.807) is 6.07 Å². The monoisotopic (exact) mass is 248 g/mol. The van der Waals surface area contributed by atoms with Crippen LogP contribution >= 0.6 is 0 Å². The third-order valence-electron chi connectivity index (χ3n) is 2.05. The fraction of sp³-hybridized carbons (Fsp3) is 0.100. The molecule has 0 aliphatic rings. The lowest BCUT2D eigenvalue weighted by atomic mass is 10.3. The molecule has 18 heavy (non-hydrogen) atoms. The molecule has 0 bridgehead atoms. The van der Waals surface area contributed by atoms with E-state index in [-0.39, 0.29) is 17.3 Å². The summed E-state index contributed by atoms with van der Waals surface area (Å²) in [6, 6.07) is 4.41. The summed E-state index contributed by atoms with van der Waals surface area (Å²) in [6.07, 6.45) is 1.25. The van der Waals surface area contributed by atoms with Crippen molar-refractivity contribution in [2.24, 2.45) is 0 Å². The number of aromatic nitrogens is 4. The van der Waals surface area contributed by atoms with Crippen LogP contribution in [0.3, 0.4) is 0 Å². The molecule has 0 fully saturated rings. The number of nitrogens with zero attached hydrogens (tertiary/aromatic N) is 4. The van der Waals surface area contributed by atoms with Gasteiger partial charge in [-0.1, -0.05) is 6.07 Å². The van der Waals surface area contributed by atoms with Gasteiger partial charge in [-0.05, 0) is 12.1 Å². The number of hydrogen-bond donors (Lipinski definition) is 1. The first-order valence-corrected chi connectivity index (χ1v) is 4.82. The average molecular weight is 248 g/mol. The van der Waals surface area contributed by atoms with Crippen molar-refractivity contribution in [2.75, 3.05) is 7.11 Å². The second kappa shape index (κ2) is 4.62. The topological polar surface area (TPSA) is 107 Å². The summed E-state index contributed by atoms with van der Waals surface area (Å²) in [7, 11) is 1.21. The van der Waals surface area contributed by atoms with Crippen LogP contribution in [0, 0.1) is 0 Å². The zero-order chi connectivity index (χ0) is 13.1. The Morgan fingerprint density at radius 3 is 2.83 bits per heavy atom. The van der Waals surface area contributed by atoms with Crippen LogP contribution in [0.2, 0.25) is 0 Å². The van der Waals surface area contributed by atoms with Gasteiger partial charge in [0.25, 0.3) is 5.82 Å². The van der Waals surface area contributed by atoms with Gasteiger partial charge in [-0.3, -0.25) is 0 Å². The first-order chi connectivity index (χ1) is 8.61. The first-order valence-electron chi connectivity index (χ1n) is 4.82. The second-order valence-corrected chi connectivity index (χ2v) is 3.19. The average Bonchev–Trinajstić information content (AvgIpc) is 2.87. The lowest BCUT2D eigenvalue weighted by molar-refractivity contribution is 0.0586. The summed E-state index contributed by atoms with van der Waals surface area (Å²) in [6.45, 7) is 0. The molecule has 0 spiro atoms. The Bertz CT molecular complexity index is 607. The van der Waals surface area contributed by atoms with Gasteiger partial charge in [0.2, 0.25) is 0 Å². The van der Waals surface area contributed by atoms with Crippen molar-refractivity contribution >= 4 is 11.9 Å². The molecule has 2 aromatic rings. The Balaban J connectivity index is 2.37. The van der Waals surface area contributed by atoms with Crippen molar-refractivity contribution in [1.29, 1.82) is 0 Å². The number of aromatic carboxylic acids is 1. The van der Waals surface area contributed by atoms with Gasteiger partial charge in [0.1, 0.15) is 6.33 Å². The number of rotatable bonds is 3. The van der Waals surface area contributed by atoms with E-state index >= 15 is 0 Å². The van der Waals surface area contributed by atoms with Gasteiger partial charge < -0.3 is 9.84 Å². The van der Waals surface area contributed by atoms with E-state index in [4.69, 9.17) is 5.11 Å². The van der Waals surface area contributed by atoms with Gasteiger partial charge in [0.15, 0.2) is 11.5 Å². The van der Waals surface area contributed by atoms with Gasteiger partial charge >= 0.3 is 11.9 Å². The summed E-state index contributed by atoms with van der Waals surface area (Å²) < 4.78 is 5.65. The van der Waals surface area contributed by atoms with Crippen LogP contribution in [-0.2, 0) is 4.74 Å². The number of carbonyl (C=O) groups is 2. The number of esters is 1. The third kappa shape index (κ3) is 2.17. The second-order valence-electron chi connectivity index (χ2n) is 3.19. The predicted octanol–water partition coefficient (Wildman–Crippen LogP) is 0.147. The molecule has 8 nitrogen and oxygen atoms in total. The van der Waals surface area contributed by atoms with E-state index in [1.165, 1.54) is 30.3 Å². The van der Waals surface area contributed by atoms with Crippen molar-refractivity contribution in [3.63, 3.8) is 0 Å². The molecule has 2 heterocycles. The highest BCUT2D eigenvalue weighted by Crippen LogP contribution is 2.05. The van der Waals surface area contributed by atoms with Crippen molar-refractivity contribution < 1.29 is 19.4 Å². The lowest BCUT2D eigenvalue weighted by Crippen LogP contribution is -2.07. The van der Waals surface area contributed by atoms with Gasteiger partial charge in [0, 0.05) is 0 Å². The van der Waals surface area contributed by atoms with Gasteiger partial charge in [-0.2, -0.15) is 0 Å². The molecule has 2 aromatic heterocycles. The van der Waals surface area contributed by atoms with Crippen LogP contribution in [0.4, 0.5) is 0 Å². The number of methoxy groups -OCH3 is 1. The molecular formula is C10H8N4O4. The molecule has 0 atom stereocenters. The van der Waals surface area contributed by atoms with Crippen LogP contribution in [0.15, 0.2) is 24.5 Å². The van der Waals surface area contributed by atoms with E-state index in [9.17, 15) is 9.59 Å². The van der Waals surface area contributed by atoms with Crippen LogP contribution in [-0.4, -0.2) is 43.9 Å². The molecule has 1 N–H and O–H groups in total. The SMILES string of the molecule is COC(=O)c1ncn(-c2cccc(C(=O)O)n2)n1. The molecule has 0 unspecified atom stereocenters. The van der Waals surface area contributed by atoms with Crippen LogP contribution in [0.1, 0.15) is 21.1 Å². The molecule has 2 rings (SSSR count). The van der Waals surface area contributed by atoms with E-state index in [0.29, 0.717) is 0 Å². The zero-order valence-corrected chi connectivity index (χ0v) is 9.27. The fourth-order valence-corrected chi connectivity index (χ4v) is 1.23. The Morgan fingerprint density at radius 2 is 2.17 bits per heavy atom. The van der Waals surface area contributed by atoms with E-state index in [2.05, 4.69) is 19.8 Å². The number of carboxylic acid groups (broad SMARTS) is 1. The maximum absolute atomic E-state index is 11.2. The Morgan fingerprint density at radius 1 is 1.39 bits per heavy atom. The van der Waals surface area contributed by atoms with Gasteiger partial charge in [-0.15, -0.1) is 5.10 Å². The summed E-state index contributed by atoms with van der Waals surface area (Å²) in [5.74, 6) is -1.70. The molecule has 8 heteroatoms. The minimum atomic E-state index is -1.15. The molecule has 0 saturated carbocycles. The molecular weight excluding hydrogens is 240 g/mol. The molecule has 0 saturated heterocycles. The summed E-state index contributed by atoms with van der Waals surface area (Å²) in [5.41, 5.74) is -0.123. The van der Waals surface area contributed by atoms with E-state index in [1.807, 2.05) is 0 Å². The minimum Gasteiger partial charge on any atom is -0.477 e. The first kappa shape index (κ1) is 11.7. The quantitative estimate of drug-likeness (QED) is 0.770. The Hall–Kier alpha value is -2.77.